The molecule has 0 bridgehead atoms. The Morgan fingerprint density at radius 1 is 0.900 bits per heavy atom. The number of carbonyl (C=O) groups excluding carboxylic acids is 1. The highest BCUT2D eigenvalue weighted by Gasteiger charge is 1.97. The molecule has 20 heavy (non-hydrogen) atoms. The lowest BCUT2D eigenvalue weighted by Crippen LogP contribution is -1.98. The molecule has 0 heterocycles. The van der Waals surface area contributed by atoms with E-state index in [-0.39, 0.29) is 12.6 Å². The quantitative estimate of drug-likeness (QED) is 0.459. The molecule has 3 heteroatoms. The lowest BCUT2D eigenvalue weighted by molar-refractivity contribution is -0.140. The molecule has 0 aliphatic rings. The third-order valence-corrected chi connectivity index (χ3v) is 2.38. The molecule has 1 N–H and O–H groups in total. The van der Waals surface area contributed by atoms with Crippen molar-refractivity contribution in [1.82, 2.24) is 0 Å². The molecule has 0 rings (SSSR count). The SMILES string of the molecule is COC(=O)CCCCCC#CCC#CCC#CCCO. The molecule has 0 aromatic carbocycles. The fourth-order valence-electron chi connectivity index (χ4n) is 1.33. The second-order valence-corrected chi connectivity index (χ2v) is 4.02. The van der Waals surface area contributed by atoms with Crippen LogP contribution in [0.15, 0.2) is 0 Å². The number of hydrogen-bond donors (Lipinski definition) is 1. The van der Waals surface area contributed by atoms with Gasteiger partial charge < -0.3 is 9.84 Å². The Balaban J connectivity index is 3.44. The highest BCUT2D eigenvalue weighted by molar-refractivity contribution is 5.68. The van der Waals surface area contributed by atoms with Gasteiger partial charge in [-0.25, -0.2) is 0 Å². The molecule has 0 saturated heterocycles. The van der Waals surface area contributed by atoms with Crippen LogP contribution in [0.2, 0.25) is 0 Å². The van der Waals surface area contributed by atoms with E-state index >= 15 is 0 Å². The van der Waals surface area contributed by atoms with Crippen LogP contribution in [0.1, 0.15) is 51.4 Å². The zero-order chi connectivity index (χ0) is 14.9. The van der Waals surface area contributed by atoms with E-state index < -0.39 is 0 Å². The van der Waals surface area contributed by atoms with Gasteiger partial charge in [0.05, 0.1) is 26.6 Å². The molecule has 0 fully saturated rings. The molecule has 3 nitrogen and oxygen atoms in total. The molecule has 0 aliphatic carbocycles. The number of hydrogen-bond acceptors (Lipinski definition) is 3. The Kier molecular flexibility index (Phi) is 13.7. The largest absolute Gasteiger partial charge is 0.469 e. The van der Waals surface area contributed by atoms with E-state index in [2.05, 4.69) is 40.3 Å². The molecule has 0 aromatic rings. The van der Waals surface area contributed by atoms with Crippen molar-refractivity contribution in [3.05, 3.63) is 0 Å². The summed E-state index contributed by atoms with van der Waals surface area (Å²) in [4.78, 5) is 10.8. The third-order valence-electron chi connectivity index (χ3n) is 2.38. The Morgan fingerprint density at radius 2 is 1.50 bits per heavy atom. The van der Waals surface area contributed by atoms with Gasteiger partial charge in [-0.1, -0.05) is 36.0 Å². The van der Waals surface area contributed by atoms with Crippen LogP contribution < -0.4 is 0 Å². The number of esters is 1. The van der Waals surface area contributed by atoms with Crippen molar-refractivity contribution in [3.8, 4) is 35.5 Å². The number of carbonyl (C=O) groups is 1. The molecular weight excluding hydrogens is 252 g/mol. The van der Waals surface area contributed by atoms with Crippen molar-refractivity contribution >= 4 is 5.97 Å². The minimum Gasteiger partial charge on any atom is -0.469 e. The van der Waals surface area contributed by atoms with Crippen LogP contribution in [0.5, 0.6) is 0 Å². The first-order chi connectivity index (χ1) is 9.81. The fraction of sp³-hybridized carbons (Fsp3) is 0.588. The predicted molar refractivity (Wildman–Crippen MR) is 79.4 cm³/mol. The summed E-state index contributed by atoms with van der Waals surface area (Å²) in [7, 11) is 1.41. The van der Waals surface area contributed by atoms with E-state index in [1.807, 2.05) is 0 Å². The van der Waals surface area contributed by atoms with Crippen LogP contribution in [0.3, 0.4) is 0 Å². The summed E-state index contributed by atoms with van der Waals surface area (Å²) in [6.45, 7) is 0.103. The summed E-state index contributed by atoms with van der Waals surface area (Å²) in [5, 5.41) is 8.50. The maximum Gasteiger partial charge on any atom is 0.305 e. The number of aliphatic hydroxyl groups excluding tert-OH is 1. The molecule has 0 amide bonds. The van der Waals surface area contributed by atoms with Crippen molar-refractivity contribution in [3.63, 3.8) is 0 Å². The standard InChI is InChI=1S/C17H22O3/c1-20-17(19)15-13-11-9-7-5-3-2-4-6-8-10-12-14-16-18/h18H,2,7-9,11,13-16H2,1H3. The molecule has 0 saturated carbocycles. The van der Waals surface area contributed by atoms with E-state index in [0.29, 0.717) is 25.7 Å². The Morgan fingerprint density at radius 3 is 2.10 bits per heavy atom. The number of unbranched alkanes of at least 4 members (excludes halogenated alkanes) is 3. The number of methoxy groups -OCH3 is 1. The van der Waals surface area contributed by atoms with Crippen LogP contribution in [0.4, 0.5) is 0 Å². The van der Waals surface area contributed by atoms with Crippen molar-refractivity contribution in [2.45, 2.75) is 51.4 Å². The molecule has 0 aliphatic heterocycles. The summed E-state index contributed by atoms with van der Waals surface area (Å²) in [5.41, 5.74) is 0. The molecule has 0 spiro atoms. The molecule has 0 aromatic heterocycles. The van der Waals surface area contributed by atoms with E-state index in [0.717, 1.165) is 25.7 Å². The number of rotatable bonds is 6. The Bertz CT molecular complexity index is 432. The van der Waals surface area contributed by atoms with Gasteiger partial charge in [0, 0.05) is 19.3 Å². The molecule has 0 radical (unpaired) electrons. The molecule has 0 atom stereocenters. The van der Waals surface area contributed by atoms with Crippen molar-refractivity contribution in [2.24, 2.45) is 0 Å². The zero-order valence-corrected chi connectivity index (χ0v) is 12.1. The normalized spacial score (nSPS) is 8.30. The van der Waals surface area contributed by atoms with Gasteiger partial charge in [-0.15, -0.1) is 5.92 Å². The van der Waals surface area contributed by atoms with Gasteiger partial charge in [0.1, 0.15) is 0 Å². The van der Waals surface area contributed by atoms with Gasteiger partial charge in [-0.3, -0.25) is 4.79 Å². The highest BCUT2D eigenvalue weighted by Crippen LogP contribution is 2.02. The van der Waals surface area contributed by atoms with Crippen LogP contribution in [-0.2, 0) is 9.53 Å². The summed E-state index contributed by atoms with van der Waals surface area (Å²) in [6.07, 6.45) is 5.82. The summed E-state index contributed by atoms with van der Waals surface area (Å²) in [5.74, 6) is 17.4. The van der Waals surface area contributed by atoms with E-state index in [9.17, 15) is 4.79 Å². The monoisotopic (exact) mass is 274 g/mol. The minimum absolute atomic E-state index is 0.103. The van der Waals surface area contributed by atoms with E-state index in [4.69, 9.17) is 5.11 Å². The van der Waals surface area contributed by atoms with Crippen LogP contribution in [0, 0.1) is 35.5 Å². The smallest absolute Gasteiger partial charge is 0.305 e. The Hall–Kier alpha value is -1.89. The second kappa shape index (κ2) is 15.2. The maximum atomic E-state index is 10.8. The first-order valence-electron chi connectivity index (χ1n) is 6.86. The van der Waals surface area contributed by atoms with Crippen molar-refractivity contribution < 1.29 is 14.6 Å². The molecule has 0 unspecified atom stereocenters. The van der Waals surface area contributed by atoms with Gasteiger partial charge in [0.25, 0.3) is 0 Å². The Labute approximate surface area is 122 Å². The van der Waals surface area contributed by atoms with Crippen molar-refractivity contribution in [2.75, 3.05) is 13.7 Å². The van der Waals surface area contributed by atoms with E-state index in [1.54, 1.807) is 0 Å². The zero-order valence-electron chi connectivity index (χ0n) is 12.1. The van der Waals surface area contributed by atoms with Crippen LogP contribution in [-0.4, -0.2) is 24.8 Å². The van der Waals surface area contributed by atoms with Gasteiger partial charge in [-0.05, 0) is 12.8 Å². The van der Waals surface area contributed by atoms with Crippen LogP contribution >= 0.6 is 0 Å². The van der Waals surface area contributed by atoms with Crippen LogP contribution in [0.25, 0.3) is 0 Å². The summed E-state index contributed by atoms with van der Waals surface area (Å²) in [6, 6.07) is 0. The van der Waals surface area contributed by atoms with Crippen molar-refractivity contribution in [1.29, 1.82) is 0 Å². The summed E-state index contributed by atoms with van der Waals surface area (Å²) < 4.78 is 4.56. The fourth-order valence-corrected chi connectivity index (χ4v) is 1.33. The second-order valence-electron chi connectivity index (χ2n) is 4.02. The highest BCUT2D eigenvalue weighted by atomic mass is 16.5. The minimum atomic E-state index is -0.145. The maximum absolute atomic E-state index is 10.8. The van der Waals surface area contributed by atoms with Gasteiger partial charge in [0.15, 0.2) is 0 Å². The first-order valence-corrected chi connectivity index (χ1v) is 6.86. The average Bonchev–Trinajstić information content (AvgIpc) is 2.47. The van der Waals surface area contributed by atoms with Gasteiger partial charge in [0.2, 0.25) is 0 Å². The lowest BCUT2D eigenvalue weighted by Gasteiger charge is -1.97. The van der Waals surface area contributed by atoms with Gasteiger partial charge in [-0.2, -0.15) is 0 Å². The third kappa shape index (κ3) is 14.2. The number of ether oxygens (including phenoxy) is 1. The summed E-state index contributed by atoms with van der Waals surface area (Å²) >= 11 is 0. The first kappa shape index (κ1) is 18.1. The lowest BCUT2D eigenvalue weighted by atomic mass is 10.1. The van der Waals surface area contributed by atoms with Gasteiger partial charge >= 0.3 is 5.97 Å². The molecule has 108 valence electrons. The van der Waals surface area contributed by atoms with E-state index in [1.165, 1.54) is 7.11 Å². The number of aliphatic hydroxyl groups is 1. The predicted octanol–water partition coefficient (Wildman–Crippen LogP) is 2.28. The average molecular weight is 274 g/mol. The molecular formula is C17H22O3. The topological polar surface area (TPSA) is 46.5 Å².